The van der Waals surface area contributed by atoms with Gasteiger partial charge in [-0.1, -0.05) is 0 Å². The van der Waals surface area contributed by atoms with Crippen LogP contribution in [0.5, 0.6) is 11.6 Å². The molecular weight excluding hydrogens is 444 g/mol. The minimum Gasteiger partial charge on any atom is -0.497 e. The summed E-state index contributed by atoms with van der Waals surface area (Å²) in [7, 11) is 3.40. The molecule has 0 saturated carbocycles. The lowest BCUT2D eigenvalue weighted by atomic mass is 10.1. The number of alkyl halides is 2. The summed E-state index contributed by atoms with van der Waals surface area (Å²) in [6.07, 6.45) is 0.806. The number of anilines is 3. The maximum absolute atomic E-state index is 13.8. The Labute approximate surface area is 193 Å². The summed E-state index contributed by atoms with van der Waals surface area (Å²) < 4.78 is 37.4. The number of urea groups is 1. The molecule has 2 aromatic carbocycles. The molecule has 0 N–H and O–H groups in total. The van der Waals surface area contributed by atoms with Crippen molar-refractivity contribution < 1.29 is 23.0 Å². The van der Waals surface area contributed by atoms with Crippen molar-refractivity contribution in [2.24, 2.45) is 7.05 Å². The summed E-state index contributed by atoms with van der Waals surface area (Å²) in [5.74, 6) is 0.665. The average molecular weight is 465 g/mol. The van der Waals surface area contributed by atoms with Gasteiger partial charge >= 0.3 is 6.03 Å². The van der Waals surface area contributed by atoms with Crippen LogP contribution in [-0.4, -0.2) is 40.9 Å². The van der Waals surface area contributed by atoms with E-state index in [0.29, 0.717) is 22.8 Å². The number of aryl methyl sites for hydroxylation is 1. The number of hydrogen-bond acceptors (Lipinski definition) is 5. The van der Waals surface area contributed by atoms with Crippen LogP contribution in [0.1, 0.15) is 5.56 Å². The molecule has 10 heteroatoms. The molecule has 0 bridgehead atoms. The van der Waals surface area contributed by atoms with E-state index in [-0.39, 0.29) is 18.5 Å². The van der Waals surface area contributed by atoms with Gasteiger partial charge in [0.05, 0.1) is 30.5 Å². The van der Waals surface area contributed by atoms with Gasteiger partial charge in [-0.25, -0.2) is 18.6 Å². The lowest BCUT2D eigenvalue weighted by Gasteiger charge is -2.37. The lowest BCUT2D eigenvalue weighted by molar-refractivity contribution is 0.0796. The maximum Gasteiger partial charge on any atom is 0.333 e. The topological polar surface area (TPSA) is 72.7 Å². The lowest BCUT2D eigenvalue weighted by Crippen LogP contribution is -2.45. The predicted molar refractivity (Wildman–Crippen MR) is 123 cm³/mol. The van der Waals surface area contributed by atoms with Crippen LogP contribution < -0.4 is 19.3 Å². The highest BCUT2D eigenvalue weighted by Crippen LogP contribution is 2.39. The third kappa shape index (κ3) is 3.98. The van der Waals surface area contributed by atoms with E-state index in [9.17, 15) is 13.6 Å². The predicted octanol–water partition coefficient (Wildman–Crippen LogP) is 4.90. The first-order valence-electron chi connectivity index (χ1n) is 10.5. The van der Waals surface area contributed by atoms with E-state index >= 15 is 0 Å². The van der Waals surface area contributed by atoms with Gasteiger partial charge in [-0.15, -0.1) is 0 Å². The van der Waals surface area contributed by atoms with Crippen molar-refractivity contribution in [2.75, 3.05) is 23.5 Å². The van der Waals surface area contributed by atoms with Gasteiger partial charge in [-0.3, -0.25) is 14.5 Å². The van der Waals surface area contributed by atoms with Crippen LogP contribution in [0.25, 0.3) is 10.9 Å². The van der Waals surface area contributed by atoms with Crippen LogP contribution in [0.3, 0.4) is 0 Å². The van der Waals surface area contributed by atoms with E-state index in [1.165, 1.54) is 11.0 Å². The van der Waals surface area contributed by atoms with Crippen LogP contribution in [-0.2, 0) is 13.6 Å². The van der Waals surface area contributed by atoms with Crippen molar-refractivity contribution >= 4 is 34.0 Å². The Bertz CT molecular complexity index is 1360. The van der Waals surface area contributed by atoms with Gasteiger partial charge in [0.25, 0.3) is 6.43 Å². The van der Waals surface area contributed by atoms with Crippen LogP contribution in [0, 0.1) is 0 Å². The van der Waals surface area contributed by atoms with Gasteiger partial charge < -0.3 is 9.47 Å². The second-order valence-corrected chi connectivity index (χ2v) is 7.80. The van der Waals surface area contributed by atoms with Crippen LogP contribution in [0.15, 0.2) is 60.9 Å². The summed E-state index contributed by atoms with van der Waals surface area (Å²) in [5, 5.41) is 5.29. The number of ether oxygens (including phenoxy) is 2. The zero-order chi connectivity index (χ0) is 23.8. The number of rotatable bonds is 6. The third-order valence-electron chi connectivity index (χ3n) is 5.53. The highest BCUT2D eigenvalue weighted by molar-refractivity contribution is 6.11. The fourth-order valence-corrected chi connectivity index (χ4v) is 3.96. The molecule has 0 saturated heterocycles. The van der Waals surface area contributed by atoms with E-state index in [1.807, 2.05) is 31.4 Å². The maximum atomic E-state index is 13.8. The molecule has 2 amide bonds. The minimum atomic E-state index is -2.63. The summed E-state index contributed by atoms with van der Waals surface area (Å²) in [5.41, 5.74) is 3.38. The Kier molecular flexibility index (Phi) is 5.48. The monoisotopic (exact) mass is 465 g/mol. The van der Waals surface area contributed by atoms with Gasteiger partial charge in [-0.2, -0.15) is 5.10 Å². The fourth-order valence-electron chi connectivity index (χ4n) is 3.96. The Morgan fingerprint density at radius 3 is 2.59 bits per heavy atom. The van der Waals surface area contributed by atoms with Gasteiger partial charge in [0.2, 0.25) is 5.88 Å². The Morgan fingerprint density at radius 1 is 1.09 bits per heavy atom. The highest BCUT2D eigenvalue weighted by Gasteiger charge is 2.33. The first-order valence-corrected chi connectivity index (χ1v) is 10.5. The molecule has 1 aliphatic rings. The molecule has 8 nitrogen and oxygen atoms in total. The quantitative estimate of drug-likeness (QED) is 0.405. The number of fused-ring (bicyclic) bond motifs is 2. The zero-order valence-corrected chi connectivity index (χ0v) is 18.5. The van der Waals surface area contributed by atoms with Gasteiger partial charge in [0, 0.05) is 42.1 Å². The van der Waals surface area contributed by atoms with Crippen molar-refractivity contribution in [3.63, 3.8) is 0 Å². The average Bonchev–Trinajstić information content (AvgIpc) is 3.21. The van der Waals surface area contributed by atoms with Crippen LogP contribution in [0.2, 0.25) is 0 Å². The summed E-state index contributed by atoms with van der Waals surface area (Å²) in [6, 6.07) is 13.8. The SMILES string of the molecule is COc1ccc(N2C(=O)N(c3ccc4nn(C)cc4c3)Cc3cnc(OCC(F)F)cc32)cc1. The molecule has 0 atom stereocenters. The number of pyridine rings is 1. The van der Waals surface area contributed by atoms with Crippen LogP contribution in [0.4, 0.5) is 30.6 Å². The molecule has 0 radical (unpaired) electrons. The number of nitrogens with zero attached hydrogens (tertiary/aromatic N) is 5. The standard InChI is InChI=1S/C24H21F2N5O3/c1-29-12-15-9-18(5-8-20(15)28-29)30-13-16-11-27-23(34-14-22(25)26)10-21(16)31(24(30)32)17-3-6-19(33-2)7-4-17/h3-12,22H,13-14H2,1-2H3. The second-order valence-electron chi connectivity index (χ2n) is 7.80. The van der Waals surface area contributed by atoms with Gasteiger partial charge in [0.15, 0.2) is 6.61 Å². The molecule has 34 heavy (non-hydrogen) atoms. The first-order chi connectivity index (χ1) is 16.4. The smallest absolute Gasteiger partial charge is 0.333 e. The van der Waals surface area contributed by atoms with Crippen molar-refractivity contribution in [3.8, 4) is 11.6 Å². The van der Waals surface area contributed by atoms with E-state index in [4.69, 9.17) is 9.47 Å². The number of halogens is 2. The Hall–Kier alpha value is -4.21. The minimum absolute atomic E-state index is 0.0237. The highest BCUT2D eigenvalue weighted by atomic mass is 19.3. The molecule has 4 aromatic rings. The molecule has 5 rings (SSSR count). The van der Waals surface area contributed by atoms with Crippen molar-refractivity contribution in [2.45, 2.75) is 13.0 Å². The summed E-state index contributed by atoms with van der Waals surface area (Å²) >= 11 is 0. The molecular formula is C24H21F2N5O3. The molecule has 3 heterocycles. The van der Waals surface area contributed by atoms with Crippen molar-refractivity contribution in [1.82, 2.24) is 14.8 Å². The van der Waals surface area contributed by atoms with E-state index in [0.717, 1.165) is 16.5 Å². The van der Waals surface area contributed by atoms with E-state index < -0.39 is 13.0 Å². The van der Waals surface area contributed by atoms with E-state index in [2.05, 4.69) is 10.1 Å². The zero-order valence-electron chi connectivity index (χ0n) is 18.5. The summed E-state index contributed by atoms with van der Waals surface area (Å²) in [6.45, 7) is -0.520. The molecule has 0 spiro atoms. The molecule has 0 fully saturated rings. The number of carbonyl (C=O) groups excluding carboxylic acids is 1. The third-order valence-corrected chi connectivity index (χ3v) is 5.53. The number of methoxy groups -OCH3 is 1. The molecule has 0 unspecified atom stereocenters. The van der Waals surface area contributed by atoms with Crippen molar-refractivity contribution in [1.29, 1.82) is 0 Å². The Morgan fingerprint density at radius 2 is 1.85 bits per heavy atom. The number of amides is 2. The first kappa shape index (κ1) is 21.6. The largest absolute Gasteiger partial charge is 0.497 e. The number of benzene rings is 2. The molecule has 2 aromatic heterocycles. The number of aromatic nitrogens is 3. The van der Waals surface area contributed by atoms with Gasteiger partial charge in [-0.05, 0) is 42.5 Å². The number of carbonyl (C=O) groups is 1. The number of hydrogen-bond donors (Lipinski definition) is 0. The normalized spacial score (nSPS) is 13.5. The summed E-state index contributed by atoms with van der Waals surface area (Å²) in [4.78, 5) is 21.1. The fraction of sp³-hybridized carbons (Fsp3) is 0.208. The molecule has 174 valence electrons. The van der Waals surface area contributed by atoms with E-state index in [1.54, 1.807) is 47.2 Å². The molecule has 1 aliphatic heterocycles. The second kappa shape index (κ2) is 8.62. The van der Waals surface area contributed by atoms with Gasteiger partial charge in [0.1, 0.15) is 5.75 Å². The Balaban J connectivity index is 1.58. The van der Waals surface area contributed by atoms with Crippen molar-refractivity contribution in [3.05, 3.63) is 66.5 Å². The molecule has 0 aliphatic carbocycles. The van der Waals surface area contributed by atoms with Crippen LogP contribution >= 0.6 is 0 Å².